The normalized spacial score (nSPS) is 29.2. The third-order valence-electron chi connectivity index (χ3n) is 2.46. The molecule has 0 amide bonds. The molecule has 1 unspecified atom stereocenters. The van der Waals surface area contributed by atoms with Crippen molar-refractivity contribution in [3.8, 4) is 0 Å². The Kier molecular flexibility index (Phi) is 1.95. The maximum Gasteiger partial charge on any atom is 0.306 e. The maximum atomic E-state index is 11.0. The van der Waals surface area contributed by atoms with Crippen molar-refractivity contribution in [2.75, 3.05) is 0 Å². The molecular formula is C9H16O2. The van der Waals surface area contributed by atoms with Crippen LogP contribution in [0.1, 0.15) is 34.1 Å². The van der Waals surface area contributed by atoms with Gasteiger partial charge in [0.2, 0.25) is 0 Å². The standard InChI is InChI=1S/C9H16O2/c1-6(2)7-5-8(10)11-9(7,3)4/h6-7H,5H2,1-4H3. The van der Waals surface area contributed by atoms with Crippen molar-refractivity contribution < 1.29 is 9.53 Å². The average Bonchev–Trinajstić information content (AvgIpc) is 2.04. The Bertz CT molecular complexity index is 170. The minimum atomic E-state index is -0.245. The van der Waals surface area contributed by atoms with E-state index in [-0.39, 0.29) is 11.6 Å². The van der Waals surface area contributed by atoms with Crippen molar-refractivity contribution in [3.05, 3.63) is 0 Å². The molecule has 1 fully saturated rings. The van der Waals surface area contributed by atoms with Crippen molar-refractivity contribution in [1.29, 1.82) is 0 Å². The average molecular weight is 156 g/mol. The van der Waals surface area contributed by atoms with Gasteiger partial charge in [0.15, 0.2) is 0 Å². The summed E-state index contributed by atoms with van der Waals surface area (Å²) in [6.07, 6.45) is 0.588. The van der Waals surface area contributed by atoms with E-state index < -0.39 is 0 Å². The molecule has 1 aliphatic heterocycles. The predicted octanol–water partition coefficient (Wildman–Crippen LogP) is 1.98. The van der Waals surface area contributed by atoms with Crippen LogP contribution < -0.4 is 0 Å². The number of carbonyl (C=O) groups is 1. The van der Waals surface area contributed by atoms with Crippen LogP contribution in [0.5, 0.6) is 0 Å². The minimum Gasteiger partial charge on any atom is -0.459 e. The van der Waals surface area contributed by atoms with Crippen LogP contribution in [0, 0.1) is 11.8 Å². The lowest BCUT2D eigenvalue weighted by Gasteiger charge is -2.27. The monoisotopic (exact) mass is 156 g/mol. The number of hydrogen-bond donors (Lipinski definition) is 0. The molecule has 11 heavy (non-hydrogen) atoms. The Labute approximate surface area is 67.9 Å². The van der Waals surface area contributed by atoms with E-state index in [4.69, 9.17) is 4.74 Å². The molecule has 1 atom stereocenters. The fraction of sp³-hybridized carbons (Fsp3) is 0.889. The summed E-state index contributed by atoms with van der Waals surface area (Å²) in [5.74, 6) is 0.861. The molecule has 0 saturated carbocycles. The SMILES string of the molecule is CC(C)C1CC(=O)OC1(C)C. The van der Waals surface area contributed by atoms with E-state index in [9.17, 15) is 4.79 Å². The van der Waals surface area contributed by atoms with Gasteiger partial charge in [-0.15, -0.1) is 0 Å². The third-order valence-corrected chi connectivity index (χ3v) is 2.46. The summed E-state index contributed by atoms with van der Waals surface area (Å²) >= 11 is 0. The van der Waals surface area contributed by atoms with Crippen molar-refractivity contribution in [3.63, 3.8) is 0 Å². The number of hydrogen-bond acceptors (Lipinski definition) is 2. The molecule has 0 aromatic carbocycles. The molecule has 2 nitrogen and oxygen atoms in total. The second kappa shape index (κ2) is 2.50. The number of carbonyl (C=O) groups excluding carboxylic acids is 1. The number of cyclic esters (lactones) is 1. The zero-order chi connectivity index (χ0) is 8.65. The van der Waals surface area contributed by atoms with Gasteiger partial charge in [-0.25, -0.2) is 0 Å². The van der Waals surface area contributed by atoms with E-state index in [0.717, 1.165) is 0 Å². The largest absolute Gasteiger partial charge is 0.459 e. The highest BCUT2D eigenvalue weighted by Crippen LogP contribution is 2.37. The smallest absolute Gasteiger partial charge is 0.306 e. The van der Waals surface area contributed by atoms with Crippen LogP contribution >= 0.6 is 0 Å². The number of esters is 1. The fourth-order valence-corrected chi connectivity index (χ4v) is 1.87. The van der Waals surface area contributed by atoms with E-state index >= 15 is 0 Å². The van der Waals surface area contributed by atoms with E-state index in [1.165, 1.54) is 0 Å². The van der Waals surface area contributed by atoms with Gasteiger partial charge in [0, 0.05) is 5.92 Å². The van der Waals surface area contributed by atoms with E-state index in [2.05, 4.69) is 13.8 Å². The minimum absolute atomic E-state index is 0.0475. The Balaban J connectivity index is 2.74. The summed E-state index contributed by atoms with van der Waals surface area (Å²) in [5.41, 5.74) is -0.245. The first-order valence-electron chi connectivity index (χ1n) is 4.15. The zero-order valence-corrected chi connectivity index (χ0v) is 7.68. The molecule has 1 aliphatic rings. The summed E-state index contributed by atoms with van der Waals surface area (Å²) in [4.78, 5) is 11.0. The molecular weight excluding hydrogens is 140 g/mol. The molecule has 0 bridgehead atoms. The van der Waals surface area contributed by atoms with Gasteiger partial charge >= 0.3 is 5.97 Å². The lowest BCUT2D eigenvalue weighted by atomic mass is 9.82. The second-order valence-corrected chi connectivity index (χ2v) is 4.13. The molecule has 0 aromatic rings. The van der Waals surface area contributed by atoms with E-state index in [0.29, 0.717) is 18.3 Å². The molecule has 0 aromatic heterocycles. The van der Waals surface area contributed by atoms with Crippen molar-refractivity contribution in [1.82, 2.24) is 0 Å². The molecule has 0 N–H and O–H groups in total. The summed E-state index contributed by atoms with van der Waals surface area (Å²) in [6.45, 7) is 8.24. The Morgan fingerprint density at radius 3 is 2.27 bits per heavy atom. The highest BCUT2D eigenvalue weighted by Gasteiger charge is 2.42. The van der Waals surface area contributed by atoms with Gasteiger partial charge in [-0.1, -0.05) is 13.8 Å². The van der Waals surface area contributed by atoms with Crippen LogP contribution in [0.4, 0.5) is 0 Å². The van der Waals surface area contributed by atoms with E-state index in [1.807, 2.05) is 13.8 Å². The molecule has 1 rings (SSSR count). The van der Waals surface area contributed by atoms with Crippen LogP contribution in [0.3, 0.4) is 0 Å². The van der Waals surface area contributed by atoms with Crippen molar-refractivity contribution >= 4 is 5.97 Å². The first kappa shape index (κ1) is 8.57. The van der Waals surface area contributed by atoms with Crippen LogP contribution in [0.15, 0.2) is 0 Å². The van der Waals surface area contributed by atoms with Gasteiger partial charge in [0.25, 0.3) is 0 Å². The Morgan fingerprint density at radius 2 is 2.09 bits per heavy atom. The van der Waals surface area contributed by atoms with Gasteiger partial charge in [-0.2, -0.15) is 0 Å². The molecule has 0 spiro atoms. The molecule has 1 heterocycles. The van der Waals surface area contributed by atoms with Gasteiger partial charge in [0.1, 0.15) is 5.60 Å². The summed E-state index contributed by atoms with van der Waals surface area (Å²) in [7, 11) is 0. The Morgan fingerprint density at radius 1 is 1.55 bits per heavy atom. The highest BCUT2D eigenvalue weighted by molar-refractivity contribution is 5.72. The lowest BCUT2D eigenvalue weighted by Crippen LogP contribution is -2.30. The third kappa shape index (κ3) is 1.55. The summed E-state index contributed by atoms with van der Waals surface area (Å²) in [6, 6.07) is 0. The number of ether oxygens (including phenoxy) is 1. The maximum absolute atomic E-state index is 11.0. The molecule has 0 radical (unpaired) electrons. The second-order valence-electron chi connectivity index (χ2n) is 4.13. The quantitative estimate of drug-likeness (QED) is 0.543. The molecule has 0 aliphatic carbocycles. The highest BCUT2D eigenvalue weighted by atomic mass is 16.6. The number of rotatable bonds is 1. The first-order chi connectivity index (χ1) is 4.93. The van der Waals surface area contributed by atoms with E-state index in [1.54, 1.807) is 0 Å². The lowest BCUT2D eigenvalue weighted by molar-refractivity contribution is -0.146. The summed E-state index contributed by atoms with van der Waals surface area (Å²) < 4.78 is 5.18. The fourth-order valence-electron chi connectivity index (χ4n) is 1.87. The topological polar surface area (TPSA) is 26.3 Å². The van der Waals surface area contributed by atoms with Gasteiger partial charge in [0.05, 0.1) is 6.42 Å². The van der Waals surface area contributed by atoms with Gasteiger partial charge in [-0.3, -0.25) is 4.79 Å². The van der Waals surface area contributed by atoms with Crippen LogP contribution in [0.25, 0.3) is 0 Å². The first-order valence-corrected chi connectivity index (χ1v) is 4.15. The van der Waals surface area contributed by atoms with Crippen LogP contribution in [0.2, 0.25) is 0 Å². The zero-order valence-electron chi connectivity index (χ0n) is 7.68. The predicted molar refractivity (Wildman–Crippen MR) is 43.1 cm³/mol. The summed E-state index contributed by atoms with van der Waals surface area (Å²) in [5, 5.41) is 0. The van der Waals surface area contributed by atoms with Crippen molar-refractivity contribution in [2.24, 2.45) is 11.8 Å². The van der Waals surface area contributed by atoms with Crippen LogP contribution in [-0.4, -0.2) is 11.6 Å². The Hall–Kier alpha value is -0.530. The van der Waals surface area contributed by atoms with Gasteiger partial charge in [-0.05, 0) is 19.8 Å². The van der Waals surface area contributed by atoms with Crippen LogP contribution in [-0.2, 0) is 9.53 Å². The molecule has 2 heteroatoms. The molecule has 64 valence electrons. The van der Waals surface area contributed by atoms with Crippen molar-refractivity contribution in [2.45, 2.75) is 39.7 Å². The van der Waals surface area contributed by atoms with Gasteiger partial charge < -0.3 is 4.74 Å². The molecule has 1 saturated heterocycles.